The summed E-state index contributed by atoms with van der Waals surface area (Å²) in [6, 6.07) is 3.03. The minimum atomic E-state index is -1.23. The smallest absolute Gasteiger partial charge is 0.411 e. The van der Waals surface area contributed by atoms with Crippen LogP contribution in [0.4, 0.5) is 10.5 Å². The Morgan fingerprint density at radius 1 is 1.22 bits per heavy atom. The third-order valence-electron chi connectivity index (χ3n) is 5.37. The van der Waals surface area contributed by atoms with E-state index in [1.807, 2.05) is 0 Å². The number of amides is 4. The van der Waals surface area contributed by atoms with Gasteiger partial charge in [0.2, 0.25) is 11.7 Å². The quantitative estimate of drug-likeness (QED) is 0.405. The molecule has 1 saturated carbocycles. The van der Waals surface area contributed by atoms with Gasteiger partial charge in [0.25, 0.3) is 11.8 Å². The zero-order valence-corrected chi connectivity index (χ0v) is 18.3. The van der Waals surface area contributed by atoms with Crippen molar-refractivity contribution in [2.75, 3.05) is 25.5 Å². The van der Waals surface area contributed by atoms with Crippen molar-refractivity contribution >= 4 is 46.9 Å². The number of nitrogens with one attached hydrogen (secondary N) is 4. The van der Waals surface area contributed by atoms with E-state index in [0.29, 0.717) is 25.5 Å². The van der Waals surface area contributed by atoms with Crippen molar-refractivity contribution in [3.8, 4) is 0 Å². The Labute approximate surface area is 189 Å². The second-order valence-corrected chi connectivity index (χ2v) is 8.27. The molecule has 11 heteroatoms. The third kappa shape index (κ3) is 6.19. The number of hydrogen-bond donors (Lipinski definition) is 4. The molecule has 2 fully saturated rings. The lowest BCUT2D eigenvalue weighted by atomic mass is 9.95. The first-order valence-electron chi connectivity index (χ1n) is 10.4. The van der Waals surface area contributed by atoms with Gasteiger partial charge in [-0.1, -0.05) is 11.6 Å². The number of ketones is 1. The fourth-order valence-electron chi connectivity index (χ4n) is 3.34. The molecular weight excluding hydrogens is 440 g/mol. The van der Waals surface area contributed by atoms with Crippen LogP contribution in [0.2, 0.25) is 5.02 Å². The van der Waals surface area contributed by atoms with E-state index in [-0.39, 0.29) is 28.6 Å². The molecule has 0 bridgehead atoms. The standard InChI is InChI=1S/C21H25ClN4O6/c1-23-20(30)17(27)16(8-12-6-7-24-18(12)28)25-19(29)14-9-13(22)4-5-15(14)26-21(31)32-10-11-2-3-11/h4-5,9,11-12,16H,2-3,6-8,10H2,1H3,(H,23,30)(H,24,28)(H,25,29)(H,26,31)/t12-,16-/m0/s1. The van der Waals surface area contributed by atoms with E-state index in [1.165, 1.54) is 25.2 Å². The summed E-state index contributed by atoms with van der Waals surface area (Å²) in [6.45, 7) is 0.761. The molecule has 1 aromatic carbocycles. The average molecular weight is 465 g/mol. The van der Waals surface area contributed by atoms with Crippen LogP contribution in [0.1, 0.15) is 36.0 Å². The van der Waals surface area contributed by atoms with E-state index < -0.39 is 35.7 Å². The van der Waals surface area contributed by atoms with Crippen molar-refractivity contribution in [2.45, 2.75) is 31.7 Å². The Bertz CT molecular complexity index is 933. The molecule has 1 heterocycles. The lowest BCUT2D eigenvalue weighted by Gasteiger charge is -2.20. The highest BCUT2D eigenvalue weighted by molar-refractivity contribution is 6.38. The van der Waals surface area contributed by atoms with Gasteiger partial charge in [-0.25, -0.2) is 4.79 Å². The van der Waals surface area contributed by atoms with Gasteiger partial charge in [-0.15, -0.1) is 0 Å². The summed E-state index contributed by atoms with van der Waals surface area (Å²) in [5.41, 5.74) is 0.129. The SMILES string of the molecule is CNC(=O)C(=O)[C@H](C[C@@H]1CCNC1=O)NC(=O)c1cc(Cl)ccc1NC(=O)OCC1CC1. The number of carbonyl (C=O) groups is 5. The summed E-state index contributed by atoms with van der Waals surface area (Å²) >= 11 is 6.03. The Morgan fingerprint density at radius 3 is 2.59 bits per heavy atom. The minimum Gasteiger partial charge on any atom is -0.449 e. The van der Waals surface area contributed by atoms with Crippen LogP contribution in [-0.4, -0.2) is 55.8 Å². The van der Waals surface area contributed by atoms with Crippen molar-refractivity contribution in [1.29, 1.82) is 0 Å². The fourth-order valence-corrected chi connectivity index (χ4v) is 3.51. The molecule has 1 saturated heterocycles. The van der Waals surface area contributed by atoms with E-state index in [9.17, 15) is 24.0 Å². The van der Waals surface area contributed by atoms with Crippen molar-refractivity contribution in [1.82, 2.24) is 16.0 Å². The maximum absolute atomic E-state index is 13.0. The van der Waals surface area contributed by atoms with Crippen molar-refractivity contribution in [3.05, 3.63) is 28.8 Å². The number of rotatable bonds is 9. The zero-order chi connectivity index (χ0) is 23.3. The minimum absolute atomic E-state index is 0.00791. The number of anilines is 1. The molecule has 10 nitrogen and oxygen atoms in total. The van der Waals surface area contributed by atoms with Crippen LogP contribution in [0.15, 0.2) is 18.2 Å². The second kappa shape index (κ2) is 10.4. The fraction of sp³-hybridized carbons (Fsp3) is 0.476. The Morgan fingerprint density at radius 2 is 1.97 bits per heavy atom. The molecule has 3 rings (SSSR count). The van der Waals surface area contributed by atoms with Gasteiger partial charge in [-0.2, -0.15) is 0 Å². The molecular formula is C21H25ClN4O6. The van der Waals surface area contributed by atoms with Crippen LogP contribution < -0.4 is 21.3 Å². The van der Waals surface area contributed by atoms with Gasteiger partial charge in [-0.05, 0) is 49.8 Å². The molecule has 0 spiro atoms. The first-order chi connectivity index (χ1) is 15.3. The van der Waals surface area contributed by atoms with Gasteiger partial charge in [0.15, 0.2) is 0 Å². The monoisotopic (exact) mass is 464 g/mol. The number of hydrogen-bond acceptors (Lipinski definition) is 6. The highest BCUT2D eigenvalue weighted by Gasteiger charge is 2.34. The predicted molar refractivity (Wildman–Crippen MR) is 115 cm³/mol. The Hall–Kier alpha value is -3.14. The van der Waals surface area contributed by atoms with E-state index >= 15 is 0 Å². The van der Waals surface area contributed by atoms with Gasteiger partial charge in [0.1, 0.15) is 0 Å². The largest absolute Gasteiger partial charge is 0.449 e. The van der Waals surface area contributed by atoms with Gasteiger partial charge in [-0.3, -0.25) is 24.5 Å². The molecule has 1 aliphatic carbocycles. The van der Waals surface area contributed by atoms with E-state index in [0.717, 1.165) is 12.8 Å². The topological polar surface area (TPSA) is 143 Å². The summed E-state index contributed by atoms with van der Waals surface area (Å²) < 4.78 is 5.13. The summed E-state index contributed by atoms with van der Waals surface area (Å²) in [6.07, 6.45) is 1.78. The molecule has 32 heavy (non-hydrogen) atoms. The van der Waals surface area contributed by atoms with Crippen LogP contribution in [0.5, 0.6) is 0 Å². The molecule has 4 N–H and O–H groups in total. The van der Waals surface area contributed by atoms with Gasteiger partial charge in [0.05, 0.1) is 23.9 Å². The molecule has 1 aliphatic heterocycles. The average Bonchev–Trinajstić information content (AvgIpc) is 3.52. The Kier molecular flexibility index (Phi) is 7.68. The number of carbonyl (C=O) groups excluding carboxylic acids is 5. The van der Waals surface area contributed by atoms with Gasteiger partial charge in [0, 0.05) is 24.5 Å². The third-order valence-corrected chi connectivity index (χ3v) is 5.60. The first-order valence-corrected chi connectivity index (χ1v) is 10.7. The first kappa shape index (κ1) is 23.5. The summed E-state index contributed by atoms with van der Waals surface area (Å²) in [5, 5.41) is 10.2. The summed E-state index contributed by atoms with van der Waals surface area (Å²) in [5.74, 6) is -2.87. The normalized spacial score (nSPS) is 18.3. The number of halogens is 1. The number of Topliss-reactive ketones (excluding diaryl/α,β-unsaturated/α-hetero) is 1. The van der Waals surface area contributed by atoms with Crippen LogP contribution in [0.25, 0.3) is 0 Å². The van der Waals surface area contributed by atoms with Crippen LogP contribution in [-0.2, 0) is 19.1 Å². The van der Waals surface area contributed by atoms with Crippen LogP contribution >= 0.6 is 11.6 Å². The molecule has 0 unspecified atom stereocenters. The summed E-state index contributed by atoms with van der Waals surface area (Å²) in [7, 11) is 1.30. The second-order valence-electron chi connectivity index (χ2n) is 7.84. The van der Waals surface area contributed by atoms with E-state index in [2.05, 4.69) is 21.3 Å². The van der Waals surface area contributed by atoms with E-state index in [4.69, 9.17) is 16.3 Å². The molecule has 2 atom stereocenters. The van der Waals surface area contributed by atoms with Gasteiger partial charge < -0.3 is 20.7 Å². The molecule has 4 amide bonds. The van der Waals surface area contributed by atoms with Crippen molar-refractivity contribution in [2.24, 2.45) is 11.8 Å². The lowest BCUT2D eigenvalue weighted by molar-refractivity contribution is -0.139. The number of ether oxygens (including phenoxy) is 1. The molecule has 172 valence electrons. The maximum Gasteiger partial charge on any atom is 0.411 e. The molecule has 0 radical (unpaired) electrons. The highest BCUT2D eigenvalue weighted by atomic mass is 35.5. The molecule has 0 aromatic heterocycles. The van der Waals surface area contributed by atoms with Crippen molar-refractivity contribution in [3.63, 3.8) is 0 Å². The molecule has 1 aromatic rings. The van der Waals surface area contributed by atoms with Crippen molar-refractivity contribution < 1.29 is 28.7 Å². The number of benzene rings is 1. The van der Waals surface area contributed by atoms with Gasteiger partial charge >= 0.3 is 6.09 Å². The highest BCUT2D eigenvalue weighted by Crippen LogP contribution is 2.29. The van der Waals surface area contributed by atoms with E-state index in [1.54, 1.807) is 0 Å². The molecule has 2 aliphatic rings. The summed E-state index contributed by atoms with van der Waals surface area (Å²) in [4.78, 5) is 61.5. The zero-order valence-electron chi connectivity index (χ0n) is 17.5. The van der Waals surface area contributed by atoms with Crippen LogP contribution in [0.3, 0.4) is 0 Å². The number of likely N-dealkylation sites (N-methyl/N-ethyl adjacent to an activating group) is 1. The maximum atomic E-state index is 13.0. The van der Waals surface area contributed by atoms with Crippen LogP contribution in [0, 0.1) is 11.8 Å². The predicted octanol–water partition coefficient (Wildman–Crippen LogP) is 1.24. The Balaban J connectivity index is 1.75. The lowest BCUT2D eigenvalue weighted by Crippen LogP contribution is -2.48.